The topological polar surface area (TPSA) is 48.2 Å². The fourth-order valence-corrected chi connectivity index (χ4v) is 0.156. The molecule has 0 aromatic heterocycles. The molecule has 0 amide bonds. The van der Waals surface area contributed by atoms with Gasteiger partial charge in [-0.2, -0.15) is 5.26 Å². The predicted octanol–water partition coefficient (Wildman–Crippen LogP) is -0.676. The first kappa shape index (κ1) is 11.2. The van der Waals surface area contributed by atoms with Crippen LogP contribution in [0.4, 0.5) is 0 Å². The maximum atomic E-state index is 7.88. The molecule has 0 heterocycles. The first-order chi connectivity index (χ1) is 3.31. The molecule has 0 saturated heterocycles. The Bertz CT molecular complexity index is 116. The van der Waals surface area contributed by atoms with Gasteiger partial charge in [-0.3, -0.25) is 10.3 Å². The number of nitriles is 1. The number of amidine groups is 1. The van der Waals surface area contributed by atoms with Crippen molar-refractivity contribution in [3.63, 3.8) is 0 Å². The molecule has 0 aromatic rings. The average molecular weight is 139 g/mol. The van der Waals surface area contributed by atoms with Gasteiger partial charge in [-0.05, 0) is 0 Å². The van der Waals surface area contributed by atoms with Gasteiger partial charge in [-0.25, -0.2) is 0 Å². The van der Waals surface area contributed by atoms with Gasteiger partial charge in [-0.1, -0.05) is 0 Å². The molecular weight excluding hydrogens is 133 g/mol. The van der Waals surface area contributed by atoms with E-state index in [-0.39, 0.29) is 29.6 Å². The van der Waals surface area contributed by atoms with Gasteiger partial charge in [0.05, 0.1) is 0 Å². The molecule has 0 aliphatic heterocycles. The molecule has 0 aromatic carbocycles. The normalized spacial score (nSPS) is 8.88. The third-order valence-corrected chi connectivity index (χ3v) is 0.691. The number of aliphatic imine (C=N–C) groups is 1. The molecule has 0 atom stereocenters. The summed E-state index contributed by atoms with van der Waals surface area (Å²) in [5.41, 5.74) is 0. The van der Waals surface area contributed by atoms with Gasteiger partial charge in [0.25, 0.3) is 0 Å². The standard InChI is InChI=1S/C3H5N3S.Na.H/c1-5-3(7)6-2-4;;/h1H3,(H2,5,6,7);;. The Morgan fingerprint density at radius 1 is 1.88 bits per heavy atom. The SMILES string of the molecule is C/N=C(\S)NC#N.[NaH]. The first-order valence-corrected chi connectivity index (χ1v) is 2.07. The van der Waals surface area contributed by atoms with Gasteiger partial charge >= 0.3 is 29.6 Å². The molecule has 0 saturated carbocycles. The van der Waals surface area contributed by atoms with E-state index >= 15 is 0 Å². The van der Waals surface area contributed by atoms with Crippen LogP contribution in [-0.4, -0.2) is 41.8 Å². The van der Waals surface area contributed by atoms with Crippen LogP contribution in [0.25, 0.3) is 0 Å². The monoisotopic (exact) mass is 139 g/mol. The van der Waals surface area contributed by atoms with E-state index in [0.717, 1.165) is 0 Å². The zero-order valence-corrected chi connectivity index (χ0v) is 4.74. The molecule has 0 spiro atoms. The molecule has 3 nitrogen and oxygen atoms in total. The van der Waals surface area contributed by atoms with Crippen LogP contribution < -0.4 is 5.32 Å². The quantitative estimate of drug-likeness (QED) is 0.117. The number of hydrogen-bond donors (Lipinski definition) is 2. The Morgan fingerprint density at radius 2 is 2.38 bits per heavy atom. The minimum absolute atomic E-state index is 0. The summed E-state index contributed by atoms with van der Waals surface area (Å²) in [4.78, 5) is 3.53. The van der Waals surface area contributed by atoms with Crippen molar-refractivity contribution in [1.29, 1.82) is 5.26 Å². The van der Waals surface area contributed by atoms with E-state index in [1.165, 1.54) is 0 Å². The third-order valence-electron chi connectivity index (χ3n) is 0.380. The van der Waals surface area contributed by atoms with Crippen molar-refractivity contribution >= 4 is 47.4 Å². The zero-order chi connectivity index (χ0) is 5.70. The molecule has 0 aliphatic carbocycles. The van der Waals surface area contributed by atoms with Crippen LogP contribution in [0.3, 0.4) is 0 Å². The molecule has 0 unspecified atom stereocenters. The van der Waals surface area contributed by atoms with Gasteiger partial charge in [0.15, 0.2) is 11.4 Å². The van der Waals surface area contributed by atoms with E-state index in [4.69, 9.17) is 5.26 Å². The van der Waals surface area contributed by atoms with Crippen LogP contribution in [0.5, 0.6) is 0 Å². The van der Waals surface area contributed by atoms with Crippen molar-refractivity contribution in [3.8, 4) is 6.19 Å². The molecule has 0 fully saturated rings. The van der Waals surface area contributed by atoms with Gasteiger partial charge in [0.1, 0.15) is 0 Å². The van der Waals surface area contributed by atoms with Gasteiger partial charge in [0, 0.05) is 7.05 Å². The molecule has 5 heteroatoms. The van der Waals surface area contributed by atoms with Crippen molar-refractivity contribution in [1.82, 2.24) is 5.32 Å². The predicted molar refractivity (Wildman–Crippen MR) is 38.2 cm³/mol. The Hall–Kier alpha value is 0.310. The molecule has 0 bridgehead atoms. The fourth-order valence-electron chi connectivity index (χ4n) is 0.106. The number of rotatable bonds is 0. The van der Waals surface area contributed by atoms with Crippen molar-refractivity contribution in [2.75, 3.05) is 7.05 Å². The Balaban J connectivity index is 0. The van der Waals surface area contributed by atoms with Crippen LogP contribution >= 0.6 is 12.6 Å². The van der Waals surface area contributed by atoms with E-state index in [1.807, 2.05) is 0 Å². The third kappa shape index (κ3) is 6.31. The molecule has 0 aliphatic rings. The summed E-state index contributed by atoms with van der Waals surface area (Å²) < 4.78 is 0. The Kier molecular flexibility index (Phi) is 10.2. The summed E-state index contributed by atoms with van der Waals surface area (Å²) in [6, 6.07) is 0. The number of nitrogens with one attached hydrogen (secondary N) is 1. The van der Waals surface area contributed by atoms with E-state index < -0.39 is 0 Å². The minimum atomic E-state index is 0. The Labute approximate surface area is 75.9 Å². The summed E-state index contributed by atoms with van der Waals surface area (Å²) in [5, 5.41) is 10.4. The summed E-state index contributed by atoms with van der Waals surface area (Å²) in [6.45, 7) is 0. The van der Waals surface area contributed by atoms with Crippen LogP contribution in [0.2, 0.25) is 0 Å². The van der Waals surface area contributed by atoms with Gasteiger partial charge in [0.2, 0.25) is 0 Å². The molecular formula is C3H6N3NaS. The van der Waals surface area contributed by atoms with Crippen LogP contribution in [0, 0.1) is 11.5 Å². The second-order valence-corrected chi connectivity index (χ2v) is 1.21. The first-order valence-electron chi connectivity index (χ1n) is 1.62. The van der Waals surface area contributed by atoms with Gasteiger partial charge < -0.3 is 0 Å². The summed E-state index contributed by atoms with van der Waals surface area (Å²) in [6.07, 6.45) is 1.66. The van der Waals surface area contributed by atoms with Crippen LogP contribution in [0.15, 0.2) is 4.99 Å². The number of hydrogen-bond acceptors (Lipinski definition) is 2. The van der Waals surface area contributed by atoms with Crippen LogP contribution in [0.1, 0.15) is 0 Å². The molecule has 0 radical (unpaired) electrons. The van der Waals surface area contributed by atoms with Crippen molar-refractivity contribution in [3.05, 3.63) is 0 Å². The summed E-state index contributed by atoms with van der Waals surface area (Å²) >= 11 is 3.73. The maximum absolute atomic E-state index is 7.88. The number of nitrogens with zero attached hydrogens (tertiary/aromatic N) is 2. The summed E-state index contributed by atoms with van der Waals surface area (Å²) in [5.74, 6) is 0. The molecule has 40 valence electrons. The van der Waals surface area contributed by atoms with Crippen molar-refractivity contribution < 1.29 is 0 Å². The van der Waals surface area contributed by atoms with E-state index in [0.29, 0.717) is 5.17 Å². The van der Waals surface area contributed by atoms with Crippen molar-refractivity contribution in [2.24, 2.45) is 4.99 Å². The van der Waals surface area contributed by atoms with E-state index in [2.05, 4.69) is 22.9 Å². The van der Waals surface area contributed by atoms with E-state index in [1.54, 1.807) is 13.2 Å². The second kappa shape index (κ2) is 7.31. The van der Waals surface area contributed by atoms with E-state index in [9.17, 15) is 0 Å². The van der Waals surface area contributed by atoms with Crippen LogP contribution in [-0.2, 0) is 0 Å². The molecule has 8 heavy (non-hydrogen) atoms. The fraction of sp³-hybridized carbons (Fsp3) is 0.333. The average Bonchev–Trinajstić information content (AvgIpc) is 1.68. The van der Waals surface area contributed by atoms with Crippen molar-refractivity contribution in [2.45, 2.75) is 0 Å². The Morgan fingerprint density at radius 3 is 2.50 bits per heavy atom. The number of thiol groups is 1. The summed E-state index contributed by atoms with van der Waals surface area (Å²) in [7, 11) is 1.55. The second-order valence-electron chi connectivity index (χ2n) is 0.784. The zero-order valence-electron chi connectivity index (χ0n) is 3.84. The van der Waals surface area contributed by atoms with Gasteiger partial charge in [-0.15, -0.1) is 12.6 Å². The molecule has 0 rings (SSSR count). The molecule has 1 N–H and O–H groups in total.